The molecule has 0 radical (unpaired) electrons. The number of carbonyl (C=O) groups excluding carboxylic acids is 4. The first-order valence-electron chi connectivity index (χ1n) is 9.13. The Morgan fingerprint density at radius 3 is 0.706 bits per heavy atom. The molecule has 0 spiro atoms. The zero-order valence-electron chi connectivity index (χ0n) is 17.6. The zero-order chi connectivity index (χ0) is 25.9. The summed E-state index contributed by atoms with van der Waals surface area (Å²) in [6, 6.07) is 0. The summed E-state index contributed by atoms with van der Waals surface area (Å²) in [7, 11) is 19.1. The van der Waals surface area contributed by atoms with Crippen LogP contribution < -0.4 is 0 Å². The van der Waals surface area contributed by atoms with Crippen LogP contribution in [0.25, 0.3) is 0 Å². The minimum atomic E-state index is -1.12. The molecular weight excluding hydrogens is 638 g/mol. The van der Waals surface area contributed by atoms with E-state index in [0.717, 1.165) is 0 Å². The van der Waals surface area contributed by atoms with Gasteiger partial charge in [-0.25, -0.2) is 19.2 Å². The molecule has 0 N–H and O–H groups in total. The standard InChI is InChI=1S/C16H24O12.4ClH.2Fe/c17-13-14(18)27-11-7-23-3-4-24-8-12-28-16(20)15(19)26-10-6-22-2-1-21-5-9-25-13;;;;;;/h1-12H2;4*1H;;/q;;;;;2*+2/p-4. The monoisotopic (exact) mass is 660 g/mol. The van der Waals surface area contributed by atoms with E-state index in [1.54, 1.807) is 0 Å². The SMILES string of the molecule is O=C1OCCOCCOCCOC(=O)C(=O)OCCOCCOCCOC1=O.[Cl][Fe][Cl].[Cl][Fe][Cl]. The molecule has 0 bridgehead atoms. The average Bonchev–Trinajstić information content (AvgIpc) is 2.81. The van der Waals surface area contributed by atoms with E-state index in [4.69, 9.17) is 59.3 Å². The number of hydrogen-bond donors (Lipinski definition) is 0. The van der Waals surface area contributed by atoms with Crippen LogP contribution in [0.3, 0.4) is 0 Å². The molecule has 1 saturated heterocycles. The van der Waals surface area contributed by atoms with E-state index in [-0.39, 0.29) is 106 Å². The van der Waals surface area contributed by atoms with Crippen molar-refractivity contribution in [3.05, 3.63) is 0 Å². The van der Waals surface area contributed by atoms with Crippen LogP contribution in [0, 0.1) is 0 Å². The molecular formula is C16H24Cl4Fe2O12. The number of hydrogen-bond acceptors (Lipinski definition) is 12. The first-order chi connectivity index (χ1) is 16.4. The van der Waals surface area contributed by atoms with Gasteiger partial charge >= 0.3 is 90.5 Å². The van der Waals surface area contributed by atoms with E-state index >= 15 is 0 Å². The molecule has 0 aliphatic carbocycles. The van der Waals surface area contributed by atoms with Gasteiger partial charge in [0.05, 0.1) is 52.9 Å². The molecule has 0 unspecified atom stereocenters. The predicted octanol–water partition coefficient (Wildman–Crippen LogP) is 0.992. The Morgan fingerprint density at radius 1 is 0.382 bits per heavy atom. The summed E-state index contributed by atoms with van der Waals surface area (Å²) in [5.41, 5.74) is 0. The first-order valence-corrected chi connectivity index (χ1v) is 15.2. The second-order valence-electron chi connectivity index (χ2n) is 5.09. The van der Waals surface area contributed by atoms with Crippen molar-refractivity contribution in [1.82, 2.24) is 0 Å². The molecule has 0 amide bonds. The zero-order valence-corrected chi connectivity index (χ0v) is 22.8. The Bertz CT molecular complexity index is 458. The van der Waals surface area contributed by atoms with Crippen LogP contribution in [-0.4, -0.2) is 103 Å². The van der Waals surface area contributed by atoms with E-state index in [1.165, 1.54) is 0 Å². The van der Waals surface area contributed by atoms with Crippen molar-refractivity contribution in [1.29, 1.82) is 0 Å². The van der Waals surface area contributed by atoms with Gasteiger partial charge in [-0.05, 0) is 0 Å². The Kier molecular flexibility index (Phi) is 30.9. The van der Waals surface area contributed by atoms with Crippen molar-refractivity contribution >= 4 is 64.3 Å². The molecule has 18 heteroatoms. The second-order valence-corrected chi connectivity index (χ2v) is 8.74. The molecule has 1 aliphatic heterocycles. The normalized spacial score (nSPS) is 18.9. The van der Waals surface area contributed by atoms with Crippen LogP contribution in [-0.2, 0) is 83.3 Å². The maximum absolute atomic E-state index is 11.4. The van der Waals surface area contributed by atoms with E-state index in [2.05, 4.69) is 18.9 Å². The quantitative estimate of drug-likeness (QED) is 0.158. The van der Waals surface area contributed by atoms with E-state index in [9.17, 15) is 19.2 Å². The third-order valence-electron chi connectivity index (χ3n) is 2.92. The molecule has 34 heavy (non-hydrogen) atoms. The maximum atomic E-state index is 11.4. The third kappa shape index (κ3) is 26.5. The second kappa shape index (κ2) is 29.2. The van der Waals surface area contributed by atoms with Gasteiger partial charge < -0.3 is 37.9 Å². The van der Waals surface area contributed by atoms with Gasteiger partial charge in [0.25, 0.3) is 0 Å². The number of halogens is 4. The Balaban J connectivity index is 0. The summed E-state index contributed by atoms with van der Waals surface area (Å²) in [5.74, 6) is -4.47. The average molecular weight is 662 g/mol. The number of rotatable bonds is 0. The molecule has 0 aromatic rings. The molecule has 0 aromatic heterocycles. The Hall–Kier alpha value is -0.0810. The van der Waals surface area contributed by atoms with Crippen LogP contribution in [0.4, 0.5) is 0 Å². The van der Waals surface area contributed by atoms with Crippen molar-refractivity contribution in [2.45, 2.75) is 0 Å². The van der Waals surface area contributed by atoms with Gasteiger partial charge in [0.15, 0.2) is 0 Å². The van der Waals surface area contributed by atoms with Gasteiger partial charge in [0.2, 0.25) is 0 Å². The number of esters is 4. The van der Waals surface area contributed by atoms with Crippen molar-refractivity contribution in [2.24, 2.45) is 0 Å². The molecule has 204 valence electrons. The molecule has 0 atom stereocenters. The molecule has 12 nitrogen and oxygen atoms in total. The van der Waals surface area contributed by atoms with Crippen molar-refractivity contribution in [3.63, 3.8) is 0 Å². The van der Waals surface area contributed by atoms with Gasteiger partial charge in [0.1, 0.15) is 26.4 Å². The van der Waals surface area contributed by atoms with E-state index in [1.807, 2.05) is 0 Å². The van der Waals surface area contributed by atoms with E-state index in [0.29, 0.717) is 0 Å². The van der Waals surface area contributed by atoms with Crippen LogP contribution in [0.15, 0.2) is 0 Å². The number of carbonyl (C=O) groups is 4. The van der Waals surface area contributed by atoms with Gasteiger partial charge in [-0.2, -0.15) is 0 Å². The summed E-state index contributed by atoms with van der Waals surface area (Å²) in [4.78, 5) is 45.4. The number of cyclic esters (lactones) is 4. The van der Waals surface area contributed by atoms with Crippen molar-refractivity contribution in [2.75, 3.05) is 79.3 Å². The van der Waals surface area contributed by atoms with Gasteiger partial charge in [0, 0.05) is 0 Å². The van der Waals surface area contributed by atoms with E-state index < -0.39 is 23.9 Å². The fourth-order valence-electron chi connectivity index (χ4n) is 1.65. The molecule has 1 heterocycles. The molecule has 1 fully saturated rings. The fourth-order valence-corrected chi connectivity index (χ4v) is 1.65. The van der Waals surface area contributed by atoms with Crippen LogP contribution >= 0.6 is 40.4 Å². The van der Waals surface area contributed by atoms with Gasteiger partial charge in [-0.15, -0.1) is 0 Å². The summed E-state index contributed by atoms with van der Waals surface area (Å²) in [6.07, 6.45) is 0. The summed E-state index contributed by atoms with van der Waals surface area (Å²) < 4.78 is 39.2. The molecule has 1 rings (SSSR count). The van der Waals surface area contributed by atoms with Crippen LogP contribution in [0.1, 0.15) is 0 Å². The Morgan fingerprint density at radius 2 is 0.529 bits per heavy atom. The predicted molar refractivity (Wildman–Crippen MR) is 111 cm³/mol. The van der Waals surface area contributed by atoms with Crippen molar-refractivity contribution in [3.8, 4) is 0 Å². The van der Waals surface area contributed by atoms with Crippen LogP contribution in [0.2, 0.25) is 0 Å². The van der Waals surface area contributed by atoms with Crippen molar-refractivity contribution < 1.29 is 83.3 Å². The first kappa shape index (κ1) is 36.1. The summed E-state index contributed by atoms with van der Waals surface area (Å²) in [6.45, 7) is 0.512. The van der Waals surface area contributed by atoms with Crippen LogP contribution in [0.5, 0.6) is 0 Å². The topological polar surface area (TPSA) is 142 Å². The molecule has 1 aliphatic rings. The number of ether oxygens (including phenoxy) is 8. The Labute approximate surface area is 225 Å². The fraction of sp³-hybridized carbons (Fsp3) is 0.750. The summed E-state index contributed by atoms with van der Waals surface area (Å²) >= 11 is 0.389. The molecule has 0 aromatic carbocycles. The van der Waals surface area contributed by atoms with Gasteiger partial charge in [-0.3, -0.25) is 0 Å². The minimum absolute atomic E-state index is 0.0618. The molecule has 0 saturated carbocycles. The third-order valence-corrected chi connectivity index (χ3v) is 2.92. The summed E-state index contributed by atoms with van der Waals surface area (Å²) in [5, 5.41) is 0. The van der Waals surface area contributed by atoms with Gasteiger partial charge in [-0.1, -0.05) is 0 Å².